The summed E-state index contributed by atoms with van der Waals surface area (Å²) >= 11 is 0. The third kappa shape index (κ3) is 2.62. The second kappa shape index (κ2) is 4.90. The summed E-state index contributed by atoms with van der Waals surface area (Å²) in [6.45, 7) is 0.983. The number of hydrogen-bond donors (Lipinski definition) is 2. The first-order valence-electron chi connectivity index (χ1n) is 6.93. The lowest BCUT2D eigenvalue weighted by molar-refractivity contribution is -0.384. The molecule has 102 valence electrons. The van der Waals surface area contributed by atoms with Crippen LogP contribution in [0, 0.1) is 10.1 Å². The lowest BCUT2D eigenvalue weighted by Gasteiger charge is -2.24. The molecule has 19 heavy (non-hydrogen) atoms. The number of benzene rings is 1. The lowest BCUT2D eigenvalue weighted by Crippen LogP contribution is -2.47. The number of nitro groups is 1. The molecule has 0 amide bonds. The van der Waals surface area contributed by atoms with Gasteiger partial charge in [0.1, 0.15) is 0 Å². The predicted molar refractivity (Wildman–Crippen MR) is 72.9 cm³/mol. The van der Waals surface area contributed by atoms with Crippen LogP contribution in [0.1, 0.15) is 31.2 Å². The van der Waals surface area contributed by atoms with E-state index in [-0.39, 0.29) is 16.3 Å². The van der Waals surface area contributed by atoms with Gasteiger partial charge in [-0.1, -0.05) is 25.0 Å². The van der Waals surface area contributed by atoms with Crippen LogP contribution in [0.5, 0.6) is 0 Å². The van der Waals surface area contributed by atoms with Crippen LogP contribution in [0.4, 0.5) is 5.69 Å². The van der Waals surface area contributed by atoms with Crippen LogP contribution in [0.3, 0.4) is 0 Å². The maximum absolute atomic E-state index is 10.6. The molecule has 0 aromatic heterocycles. The van der Waals surface area contributed by atoms with Crippen molar-refractivity contribution in [2.45, 2.75) is 43.8 Å². The van der Waals surface area contributed by atoms with Gasteiger partial charge in [0.15, 0.2) is 0 Å². The van der Waals surface area contributed by atoms with Gasteiger partial charge < -0.3 is 0 Å². The minimum absolute atomic E-state index is 0.161. The zero-order valence-electron chi connectivity index (χ0n) is 10.9. The van der Waals surface area contributed by atoms with Gasteiger partial charge in [0.05, 0.1) is 10.6 Å². The van der Waals surface area contributed by atoms with Crippen LogP contribution < -0.4 is 10.6 Å². The van der Waals surface area contributed by atoms with Crippen molar-refractivity contribution in [3.63, 3.8) is 0 Å². The average Bonchev–Trinajstić information content (AvgIpc) is 3.01. The van der Waals surface area contributed by atoms with Crippen molar-refractivity contribution < 1.29 is 4.92 Å². The zero-order chi connectivity index (χ0) is 13.3. The summed E-state index contributed by atoms with van der Waals surface area (Å²) in [5, 5.41) is 17.9. The highest BCUT2D eigenvalue weighted by Gasteiger charge is 2.39. The third-order valence-electron chi connectivity index (χ3n) is 4.25. The molecule has 0 radical (unpaired) electrons. The Labute approximate surface area is 112 Å². The molecule has 5 nitrogen and oxygen atoms in total. The fourth-order valence-corrected chi connectivity index (χ4v) is 3.27. The van der Waals surface area contributed by atoms with Crippen LogP contribution in [0.2, 0.25) is 0 Å². The summed E-state index contributed by atoms with van der Waals surface area (Å²) in [5.74, 6) is 0. The summed E-state index contributed by atoms with van der Waals surface area (Å²) in [5.41, 5.74) is 1.49. The highest BCUT2D eigenvalue weighted by molar-refractivity contribution is 5.33. The Balaban J connectivity index is 1.61. The van der Waals surface area contributed by atoms with Gasteiger partial charge in [0.2, 0.25) is 0 Å². The van der Waals surface area contributed by atoms with Crippen molar-refractivity contribution in [1.29, 1.82) is 0 Å². The second-order valence-corrected chi connectivity index (χ2v) is 5.64. The molecule has 1 aromatic rings. The molecular formula is C14H19N3O2. The Hall–Kier alpha value is -1.46. The molecule has 1 aromatic carbocycles. The molecule has 1 saturated heterocycles. The molecule has 1 aliphatic carbocycles. The predicted octanol–water partition coefficient (Wildman–Crippen LogP) is 1.97. The van der Waals surface area contributed by atoms with Crippen molar-refractivity contribution in [3.8, 4) is 0 Å². The summed E-state index contributed by atoms with van der Waals surface area (Å²) in [6.07, 6.45) is 5.94. The molecule has 3 rings (SSSR count). The summed E-state index contributed by atoms with van der Waals surface area (Å²) in [7, 11) is 0. The maximum Gasteiger partial charge on any atom is 0.269 e. The Kier molecular flexibility index (Phi) is 3.24. The number of non-ortho nitro benzene ring substituents is 1. The first-order valence-corrected chi connectivity index (χ1v) is 6.93. The normalized spacial score (nSPS) is 24.9. The minimum Gasteiger partial charge on any atom is -0.298 e. The number of nitrogens with one attached hydrogen (secondary N) is 2. The highest BCUT2D eigenvalue weighted by Crippen LogP contribution is 2.30. The first-order chi connectivity index (χ1) is 9.17. The number of rotatable bonds is 3. The topological polar surface area (TPSA) is 67.2 Å². The van der Waals surface area contributed by atoms with Crippen molar-refractivity contribution in [3.05, 3.63) is 39.9 Å². The molecule has 2 N–H and O–H groups in total. The second-order valence-electron chi connectivity index (χ2n) is 5.64. The Morgan fingerprint density at radius 1 is 1.26 bits per heavy atom. The summed E-state index contributed by atoms with van der Waals surface area (Å²) in [6, 6.07) is 7.32. The molecule has 2 fully saturated rings. The smallest absolute Gasteiger partial charge is 0.269 e. The maximum atomic E-state index is 10.6. The van der Waals surface area contributed by atoms with Crippen molar-refractivity contribution in [2.75, 3.05) is 6.54 Å². The quantitative estimate of drug-likeness (QED) is 0.645. The SMILES string of the molecule is O=[N+]([O-])c1ccc(C[C@H]2CNC3(CCCC3)N2)cc1. The molecule has 1 spiro atoms. The van der Waals surface area contributed by atoms with E-state index >= 15 is 0 Å². The molecule has 2 aliphatic rings. The van der Waals surface area contributed by atoms with Crippen molar-refractivity contribution >= 4 is 5.69 Å². The molecule has 1 aliphatic heterocycles. The Bertz CT molecular complexity index is 466. The zero-order valence-corrected chi connectivity index (χ0v) is 10.9. The monoisotopic (exact) mass is 261 g/mol. The van der Waals surface area contributed by atoms with Gasteiger partial charge in [-0.2, -0.15) is 0 Å². The number of hydrogen-bond acceptors (Lipinski definition) is 4. The molecule has 0 unspecified atom stereocenters. The fourth-order valence-electron chi connectivity index (χ4n) is 3.27. The Morgan fingerprint density at radius 2 is 1.95 bits per heavy atom. The van der Waals surface area contributed by atoms with E-state index in [2.05, 4.69) is 10.6 Å². The molecule has 1 saturated carbocycles. The van der Waals surface area contributed by atoms with Crippen LogP contribution >= 0.6 is 0 Å². The van der Waals surface area contributed by atoms with E-state index in [0.717, 1.165) is 18.5 Å². The first kappa shape index (κ1) is 12.6. The fraction of sp³-hybridized carbons (Fsp3) is 0.571. The highest BCUT2D eigenvalue weighted by atomic mass is 16.6. The largest absolute Gasteiger partial charge is 0.298 e. The molecule has 1 heterocycles. The van der Waals surface area contributed by atoms with Gasteiger partial charge in [-0.05, 0) is 24.8 Å². The van der Waals surface area contributed by atoms with E-state index in [9.17, 15) is 10.1 Å². The molecule has 0 bridgehead atoms. The van der Waals surface area contributed by atoms with E-state index < -0.39 is 0 Å². The van der Waals surface area contributed by atoms with Crippen LogP contribution in [-0.4, -0.2) is 23.2 Å². The molecule has 5 heteroatoms. The lowest BCUT2D eigenvalue weighted by atomic mass is 10.1. The standard InChI is InChI=1S/C14H19N3O2/c18-17(19)13-5-3-11(4-6-13)9-12-10-15-14(16-12)7-1-2-8-14/h3-6,12,15-16H,1-2,7-10H2/t12-/m0/s1. The van der Waals surface area contributed by atoms with Crippen molar-refractivity contribution in [1.82, 2.24) is 10.6 Å². The van der Waals surface area contributed by atoms with E-state index in [1.165, 1.54) is 25.7 Å². The van der Waals surface area contributed by atoms with Crippen LogP contribution in [0.25, 0.3) is 0 Å². The van der Waals surface area contributed by atoms with Gasteiger partial charge in [-0.25, -0.2) is 0 Å². The minimum atomic E-state index is -0.354. The van der Waals surface area contributed by atoms with Gasteiger partial charge in [0.25, 0.3) is 5.69 Å². The van der Waals surface area contributed by atoms with Gasteiger partial charge >= 0.3 is 0 Å². The molecule has 1 atom stereocenters. The summed E-state index contributed by atoms with van der Waals surface area (Å²) in [4.78, 5) is 10.3. The average molecular weight is 261 g/mol. The van der Waals surface area contributed by atoms with E-state index in [0.29, 0.717) is 6.04 Å². The summed E-state index contributed by atoms with van der Waals surface area (Å²) < 4.78 is 0. The van der Waals surface area contributed by atoms with Gasteiger partial charge in [-0.3, -0.25) is 20.7 Å². The van der Waals surface area contributed by atoms with E-state index in [4.69, 9.17) is 0 Å². The van der Waals surface area contributed by atoms with Gasteiger partial charge in [0, 0.05) is 24.7 Å². The van der Waals surface area contributed by atoms with Crippen LogP contribution in [-0.2, 0) is 6.42 Å². The van der Waals surface area contributed by atoms with Crippen molar-refractivity contribution in [2.24, 2.45) is 0 Å². The van der Waals surface area contributed by atoms with Crippen LogP contribution in [0.15, 0.2) is 24.3 Å². The number of nitro benzene ring substituents is 1. The third-order valence-corrected chi connectivity index (χ3v) is 4.25. The molecular weight excluding hydrogens is 242 g/mol. The van der Waals surface area contributed by atoms with E-state index in [1.807, 2.05) is 12.1 Å². The van der Waals surface area contributed by atoms with Gasteiger partial charge in [-0.15, -0.1) is 0 Å². The number of nitrogens with zero attached hydrogens (tertiary/aromatic N) is 1. The Morgan fingerprint density at radius 3 is 2.58 bits per heavy atom. The van der Waals surface area contributed by atoms with E-state index in [1.54, 1.807) is 12.1 Å².